The lowest BCUT2D eigenvalue weighted by molar-refractivity contribution is 0.0566. The number of para-hydroxylation sites is 2. The zero-order chi connectivity index (χ0) is 21.8. The maximum Gasteiger partial charge on any atom is 0.131 e. The fraction of sp³-hybridized carbons (Fsp3) is 0.214. The lowest BCUT2D eigenvalue weighted by Crippen LogP contribution is -2.50. The number of benzene rings is 3. The zero-order valence-electron chi connectivity index (χ0n) is 17.9. The number of hydrogen-bond donors (Lipinski definition) is 2. The van der Waals surface area contributed by atoms with Crippen LogP contribution in [0.25, 0.3) is 0 Å². The van der Waals surface area contributed by atoms with Crippen molar-refractivity contribution in [2.75, 3.05) is 0 Å². The van der Waals surface area contributed by atoms with Crippen molar-refractivity contribution in [2.45, 2.75) is 37.5 Å². The van der Waals surface area contributed by atoms with Crippen LogP contribution in [0.1, 0.15) is 34.4 Å². The van der Waals surface area contributed by atoms with E-state index in [1.807, 2.05) is 48.5 Å². The van der Waals surface area contributed by atoms with Crippen molar-refractivity contribution >= 4 is 11.3 Å². The Balaban J connectivity index is 1.53. The molecule has 0 amide bonds. The molecule has 4 heteroatoms. The van der Waals surface area contributed by atoms with Crippen molar-refractivity contribution in [3.05, 3.63) is 118 Å². The van der Waals surface area contributed by atoms with Crippen LogP contribution in [0.15, 0.2) is 96.4 Å². The molecule has 32 heavy (non-hydrogen) atoms. The first-order chi connectivity index (χ1) is 15.8. The predicted octanol–water partition coefficient (Wildman–Crippen LogP) is 6.27. The van der Waals surface area contributed by atoms with Crippen LogP contribution in [-0.2, 0) is 18.4 Å². The molecule has 0 radical (unpaired) electrons. The number of hydrogen-bond acceptors (Lipinski definition) is 4. The standard InChI is InChI=1S/C28H27NO2S/c30-27(29-20-22-13-9-19-32-22)28(18-8-12-21-10-2-1-3-11-21)23-14-4-6-16-25(23)31-26-17-7-5-15-24(26)28/h1-7,9-11,13-17,19,27,29-30H,8,12,18,20H2. The smallest absolute Gasteiger partial charge is 0.131 e. The summed E-state index contributed by atoms with van der Waals surface area (Å²) in [6.07, 6.45) is 1.96. The molecule has 0 spiro atoms. The van der Waals surface area contributed by atoms with E-state index >= 15 is 0 Å². The Morgan fingerprint density at radius 2 is 1.47 bits per heavy atom. The van der Waals surface area contributed by atoms with Gasteiger partial charge < -0.3 is 9.84 Å². The van der Waals surface area contributed by atoms with Gasteiger partial charge in [-0.15, -0.1) is 11.3 Å². The molecule has 0 bridgehead atoms. The predicted molar refractivity (Wildman–Crippen MR) is 130 cm³/mol. The van der Waals surface area contributed by atoms with Gasteiger partial charge in [-0.2, -0.15) is 0 Å². The van der Waals surface area contributed by atoms with Crippen LogP contribution >= 0.6 is 11.3 Å². The molecule has 5 rings (SSSR count). The van der Waals surface area contributed by atoms with E-state index in [1.54, 1.807) is 11.3 Å². The van der Waals surface area contributed by atoms with Gasteiger partial charge >= 0.3 is 0 Å². The summed E-state index contributed by atoms with van der Waals surface area (Å²) in [5.41, 5.74) is 2.80. The van der Waals surface area contributed by atoms with E-state index in [0.29, 0.717) is 6.54 Å². The third-order valence-electron chi connectivity index (χ3n) is 6.35. The van der Waals surface area contributed by atoms with E-state index in [4.69, 9.17) is 4.74 Å². The Bertz CT molecular complexity index is 1110. The number of rotatable bonds is 8. The number of aliphatic hydroxyl groups excluding tert-OH is 1. The molecule has 0 saturated carbocycles. The summed E-state index contributed by atoms with van der Waals surface area (Å²) in [6.45, 7) is 0.629. The quantitative estimate of drug-likeness (QED) is 0.317. The Morgan fingerprint density at radius 3 is 2.12 bits per heavy atom. The molecular weight excluding hydrogens is 414 g/mol. The minimum absolute atomic E-state index is 0.600. The van der Waals surface area contributed by atoms with Gasteiger partial charge in [-0.1, -0.05) is 72.8 Å². The average molecular weight is 442 g/mol. The van der Waals surface area contributed by atoms with Crippen LogP contribution in [0.4, 0.5) is 0 Å². The van der Waals surface area contributed by atoms with Crippen molar-refractivity contribution in [1.82, 2.24) is 5.32 Å². The fourth-order valence-corrected chi connectivity index (χ4v) is 5.47. The molecule has 3 aromatic carbocycles. The topological polar surface area (TPSA) is 41.5 Å². The summed E-state index contributed by atoms with van der Waals surface area (Å²) in [5, 5.41) is 17.3. The minimum atomic E-state index is -0.758. The molecule has 162 valence electrons. The maximum atomic E-state index is 11.8. The molecule has 1 atom stereocenters. The number of aliphatic hydroxyl groups is 1. The van der Waals surface area contributed by atoms with Crippen LogP contribution < -0.4 is 10.1 Å². The second-order valence-electron chi connectivity index (χ2n) is 8.27. The molecule has 3 nitrogen and oxygen atoms in total. The Labute approximate surface area is 193 Å². The van der Waals surface area contributed by atoms with Gasteiger partial charge in [-0.05, 0) is 48.4 Å². The number of ether oxygens (including phenoxy) is 1. The van der Waals surface area contributed by atoms with E-state index in [2.05, 4.69) is 53.2 Å². The van der Waals surface area contributed by atoms with Gasteiger partial charge in [-0.25, -0.2) is 0 Å². The number of aryl methyl sites for hydroxylation is 1. The number of thiophene rings is 1. The molecule has 4 aromatic rings. The highest BCUT2D eigenvalue weighted by molar-refractivity contribution is 7.09. The molecule has 1 aliphatic heterocycles. The summed E-state index contributed by atoms with van der Waals surface area (Å²) in [6, 6.07) is 31.0. The minimum Gasteiger partial charge on any atom is -0.457 e. The molecule has 1 unspecified atom stereocenters. The summed E-state index contributed by atoms with van der Waals surface area (Å²) < 4.78 is 6.26. The SMILES string of the molecule is OC(NCc1cccs1)C1(CCCc2ccccc2)c2ccccc2Oc2ccccc21. The molecule has 0 aliphatic carbocycles. The zero-order valence-corrected chi connectivity index (χ0v) is 18.7. The van der Waals surface area contributed by atoms with Crippen molar-refractivity contribution in [3.63, 3.8) is 0 Å². The highest BCUT2D eigenvalue weighted by atomic mass is 32.1. The third-order valence-corrected chi connectivity index (χ3v) is 7.23. The summed E-state index contributed by atoms with van der Waals surface area (Å²) in [5.74, 6) is 1.64. The first kappa shape index (κ1) is 21.0. The van der Waals surface area contributed by atoms with Crippen LogP contribution in [0.2, 0.25) is 0 Å². The lowest BCUT2D eigenvalue weighted by atomic mass is 9.67. The first-order valence-electron chi connectivity index (χ1n) is 11.1. The Hall–Kier alpha value is -2.92. The monoisotopic (exact) mass is 441 g/mol. The van der Waals surface area contributed by atoms with Gasteiger partial charge in [0.1, 0.15) is 17.7 Å². The van der Waals surface area contributed by atoms with Crippen LogP contribution in [0.5, 0.6) is 11.5 Å². The van der Waals surface area contributed by atoms with Crippen LogP contribution in [0, 0.1) is 0 Å². The van der Waals surface area contributed by atoms with Crippen molar-refractivity contribution < 1.29 is 9.84 Å². The largest absolute Gasteiger partial charge is 0.457 e. The van der Waals surface area contributed by atoms with Crippen molar-refractivity contribution in [1.29, 1.82) is 0 Å². The second-order valence-corrected chi connectivity index (χ2v) is 9.30. The molecule has 2 heterocycles. The fourth-order valence-electron chi connectivity index (χ4n) is 4.81. The van der Waals surface area contributed by atoms with Gasteiger partial charge in [0.25, 0.3) is 0 Å². The summed E-state index contributed by atoms with van der Waals surface area (Å²) in [7, 11) is 0. The van der Waals surface area contributed by atoms with Crippen molar-refractivity contribution in [3.8, 4) is 11.5 Å². The van der Waals surface area contributed by atoms with E-state index in [0.717, 1.165) is 41.9 Å². The second kappa shape index (κ2) is 9.29. The first-order valence-corrected chi connectivity index (χ1v) is 12.0. The molecule has 1 aliphatic rings. The summed E-state index contributed by atoms with van der Waals surface area (Å²) >= 11 is 1.70. The highest BCUT2D eigenvalue weighted by Gasteiger charge is 2.47. The number of fused-ring (bicyclic) bond motifs is 2. The van der Waals surface area contributed by atoms with Gasteiger partial charge in [0.15, 0.2) is 0 Å². The molecule has 0 saturated heterocycles. The van der Waals surface area contributed by atoms with Gasteiger partial charge in [0.05, 0.1) is 5.41 Å². The summed E-state index contributed by atoms with van der Waals surface area (Å²) in [4.78, 5) is 1.21. The van der Waals surface area contributed by atoms with E-state index in [-0.39, 0.29) is 0 Å². The van der Waals surface area contributed by atoms with Crippen LogP contribution in [-0.4, -0.2) is 11.3 Å². The van der Waals surface area contributed by atoms with Gasteiger partial charge in [0.2, 0.25) is 0 Å². The normalized spacial score (nSPS) is 14.8. The van der Waals surface area contributed by atoms with Gasteiger partial charge in [-0.3, -0.25) is 5.32 Å². The average Bonchev–Trinajstić information content (AvgIpc) is 3.36. The number of nitrogens with one attached hydrogen (secondary N) is 1. The maximum absolute atomic E-state index is 11.8. The lowest BCUT2D eigenvalue weighted by Gasteiger charge is -2.44. The van der Waals surface area contributed by atoms with E-state index < -0.39 is 11.6 Å². The molecule has 1 aromatic heterocycles. The molecule has 2 N–H and O–H groups in total. The van der Waals surface area contributed by atoms with Crippen LogP contribution in [0.3, 0.4) is 0 Å². The van der Waals surface area contributed by atoms with Gasteiger partial charge in [0, 0.05) is 22.5 Å². The highest BCUT2D eigenvalue weighted by Crippen LogP contribution is 2.52. The Morgan fingerprint density at radius 1 is 0.812 bits per heavy atom. The molecule has 0 fully saturated rings. The van der Waals surface area contributed by atoms with E-state index in [9.17, 15) is 5.11 Å². The van der Waals surface area contributed by atoms with Crippen molar-refractivity contribution in [2.24, 2.45) is 0 Å². The molecular formula is C28H27NO2S. The third kappa shape index (κ3) is 3.97. The Kier molecular flexibility index (Phi) is 6.08. The van der Waals surface area contributed by atoms with E-state index in [1.165, 1.54) is 10.4 Å².